The van der Waals surface area contributed by atoms with Gasteiger partial charge in [0.05, 0.1) is 0 Å². The Morgan fingerprint density at radius 1 is 0.479 bits per heavy atom. The summed E-state index contributed by atoms with van der Waals surface area (Å²) >= 11 is 1.85. The molecule has 0 amide bonds. The molecule has 1 aliphatic rings. The highest BCUT2D eigenvalue weighted by Gasteiger charge is 2.38. The van der Waals surface area contributed by atoms with Crippen molar-refractivity contribution in [3.63, 3.8) is 0 Å². The van der Waals surface area contributed by atoms with Crippen LogP contribution >= 0.6 is 11.3 Å². The molecule has 10 rings (SSSR count). The Balaban J connectivity index is 1.27. The molecule has 3 heteroatoms. The summed E-state index contributed by atoms with van der Waals surface area (Å²) in [4.78, 5) is 2.41. The van der Waals surface area contributed by atoms with E-state index in [1.54, 1.807) is 0 Å². The van der Waals surface area contributed by atoms with Crippen LogP contribution in [-0.4, -0.2) is 0 Å². The average molecular weight is 634 g/mol. The third kappa shape index (κ3) is 3.98. The number of nitrogens with zero attached hydrogens (tertiary/aromatic N) is 1. The lowest BCUT2D eigenvalue weighted by molar-refractivity contribution is 0.662. The van der Waals surface area contributed by atoms with Crippen molar-refractivity contribution < 1.29 is 4.42 Å². The number of fused-ring (bicyclic) bond motifs is 9. The number of rotatable bonds is 4. The molecule has 0 atom stereocenters. The van der Waals surface area contributed by atoms with Gasteiger partial charge in [-0.1, -0.05) is 111 Å². The van der Waals surface area contributed by atoms with Gasteiger partial charge in [0.25, 0.3) is 0 Å². The molecule has 1 aliphatic carbocycles. The first-order valence-electron chi connectivity index (χ1n) is 16.5. The van der Waals surface area contributed by atoms with Gasteiger partial charge in [0, 0.05) is 59.5 Å². The Hall–Kier alpha value is -5.64. The highest BCUT2D eigenvalue weighted by molar-refractivity contribution is 7.25. The predicted octanol–water partition coefficient (Wildman–Crippen LogP) is 13.4. The quantitative estimate of drug-likeness (QED) is 0.192. The molecule has 2 nitrogen and oxygen atoms in total. The second kappa shape index (κ2) is 10.2. The molecule has 0 saturated heterocycles. The summed E-state index contributed by atoms with van der Waals surface area (Å²) in [7, 11) is 0. The van der Waals surface area contributed by atoms with E-state index in [-0.39, 0.29) is 5.41 Å². The Kier molecular flexibility index (Phi) is 5.82. The molecule has 0 N–H and O–H groups in total. The number of para-hydroxylation sites is 1. The topological polar surface area (TPSA) is 16.4 Å². The van der Waals surface area contributed by atoms with Gasteiger partial charge >= 0.3 is 0 Å². The lowest BCUT2D eigenvalue weighted by Gasteiger charge is -2.29. The number of hydrogen-bond donors (Lipinski definition) is 0. The van der Waals surface area contributed by atoms with E-state index in [2.05, 4.69) is 158 Å². The highest BCUT2D eigenvalue weighted by atomic mass is 32.1. The Bertz CT molecular complexity index is 2600. The molecule has 2 aromatic heterocycles. The first-order valence-corrected chi connectivity index (χ1v) is 17.3. The summed E-state index contributed by atoms with van der Waals surface area (Å²) in [6, 6.07) is 55.2. The average Bonchev–Trinajstić information content (AvgIpc) is 3.76. The zero-order chi connectivity index (χ0) is 32.0. The lowest BCUT2D eigenvalue weighted by Crippen LogP contribution is -2.17. The van der Waals surface area contributed by atoms with E-state index in [0.717, 1.165) is 39.0 Å². The molecule has 7 aromatic carbocycles. The maximum Gasteiger partial charge on any atom is 0.137 e. The largest absolute Gasteiger partial charge is 0.456 e. The van der Waals surface area contributed by atoms with Crippen LogP contribution in [0.15, 0.2) is 156 Å². The maximum absolute atomic E-state index is 6.44. The van der Waals surface area contributed by atoms with Crippen LogP contribution in [-0.2, 0) is 5.41 Å². The van der Waals surface area contributed by atoms with Gasteiger partial charge in [-0.25, -0.2) is 0 Å². The summed E-state index contributed by atoms with van der Waals surface area (Å²) in [5.41, 5.74) is 12.8. The molecule has 0 radical (unpaired) electrons. The summed E-state index contributed by atoms with van der Waals surface area (Å²) in [5.74, 6) is 0. The van der Waals surface area contributed by atoms with Crippen LogP contribution in [0.5, 0.6) is 0 Å². The molecule has 0 spiro atoms. The van der Waals surface area contributed by atoms with E-state index < -0.39 is 0 Å². The van der Waals surface area contributed by atoms with Crippen molar-refractivity contribution in [1.82, 2.24) is 0 Å². The number of thiophene rings is 1. The van der Waals surface area contributed by atoms with E-state index in [1.165, 1.54) is 53.6 Å². The van der Waals surface area contributed by atoms with Crippen LogP contribution in [0.25, 0.3) is 64.4 Å². The summed E-state index contributed by atoms with van der Waals surface area (Å²) in [6.45, 7) is 4.73. The second-order valence-electron chi connectivity index (χ2n) is 13.3. The van der Waals surface area contributed by atoms with Gasteiger partial charge in [0.2, 0.25) is 0 Å². The van der Waals surface area contributed by atoms with E-state index in [4.69, 9.17) is 4.42 Å². The first kappa shape index (κ1) is 27.5. The van der Waals surface area contributed by atoms with Crippen LogP contribution in [0, 0.1) is 0 Å². The molecule has 0 saturated carbocycles. The van der Waals surface area contributed by atoms with Crippen molar-refractivity contribution in [2.45, 2.75) is 19.3 Å². The fourth-order valence-electron chi connectivity index (χ4n) is 8.04. The van der Waals surface area contributed by atoms with Crippen molar-refractivity contribution in [2.75, 3.05) is 4.90 Å². The zero-order valence-corrected chi connectivity index (χ0v) is 27.5. The van der Waals surface area contributed by atoms with Gasteiger partial charge in [-0.2, -0.15) is 0 Å². The zero-order valence-electron chi connectivity index (χ0n) is 26.7. The van der Waals surface area contributed by atoms with Crippen LogP contribution in [0.4, 0.5) is 17.1 Å². The number of benzene rings is 7. The summed E-state index contributed by atoms with van der Waals surface area (Å²) in [6.07, 6.45) is 0. The minimum absolute atomic E-state index is 0.135. The highest BCUT2D eigenvalue weighted by Crippen LogP contribution is 2.54. The predicted molar refractivity (Wildman–Crippen MR) is 204 cm³/mol. The van der Waals surface area contributed by atoms with Gasteiger partial charge in [0.1, 0.15) is 11.2 Å². The van der Waals surface area contributed by atoms with Crippen molar-refractivity contribution >= 4 is 70.5 Å². The van der Waals surface area contributed by atoms with Gasteiger partial charge in [0.15, 0.2) is 0 Å². The number of furan rings is 1. The Labute approximate surface area is 283 Å². The molecule has 0 unspecified atom stereocenters. The normalized spacial score (nSPS) is 13.4. The Morgan fingerprint density at radius 2 is 1.12 bits per heavy atom. The molecule has 9 aromatic rings. The molecular formula is C45H31NOS. The SMILES string of the molecule is CC1(C)c2ccccc2-c2cc(N(c3ccc4c(c3)oc3ccccc34)c3ccc4c(c3)sc3ccccc34)cc(-c3ccccc3)c21. The van der Waals surface area contributed by atoms with E-state index >= 15 is 0 Å². The van der Waals surface area contributed by atoms with E-state index in [9.17, 15) is 0 Å². The van der Waals surface area contributed by atoms with Gasteiger partial charge in [-0.15, -0.1) is 11.3 Å². The van der Waals surface area contributed by atoms with E-state index in [0.29, 0.717) is 0 Å². The molecule has 228 valence electrons. The van der Waals surface area contributed by atoms with Crippen molar-refractivity contribution in [3.05, 3.63) is 163 Å². The molecule has 0 bridgehead atoms. The summed E-state index contributed by atoms with van der Waals surface area (Å²) < 4.78 is 9.03. The van der Waals surface area contributed by atoms with Gasteiger partial charge in [-0.05, 0) is 81.9 Å². The smallest absolute Gasteiger partial charge is 0.137 e. The van der Waals surface area contributed by atoms with Gasteiger partial charge < -0.3 is 9.32 Å². The molecule has 2 heterocycles. The van der Waals surface area contributed by atoms with Crippen LogP contribution in [0.3, 0.4) is 0 Å². The van der Waals surface area contributed by atoms with Crippen molar-refractivity contribution in [1.29, 1.82) is 0 Å². The standard InChI is InChI=1S/C45H31NOS/c1-45(2)39-17-9-6-14-32(39)38-25-31(24-37(44(38)45)28-12-4-3-5-13-28)46(29-20-22-34-33-15-7-10-18-40(33)47-41(34)26-29)30-21-23-36-35-16-8-11-19-42(35)48-43(36)27-30/h3-27H,1-2H3. The fraction of sp³-hybridized carbons (Fsp3) is 0.0667. The van der Waals surface area contributed by atoms with Crippen LogP contribution in [0.2, 0.25) is 0 Å². The minimum atomic E-state index is -0.135. The third-order valence-electron chi connectivity index (χ3n) is 10.2. The summed E-state index contributed by atoms with van der Waals surface area (Å²) in [5, 5.41) is 4.87. The van der Waals surface area contributed by atoms with Crippen LogP contribution < -0.4 is 4.90 Å². The van der Waals surface area contributed by atoms with Crippen molar-refractivity contribution in [3.8, 4) is 22.3 Å². The number of anilines is 3. The first-order chi connectivity index (χ1) is 23.5. The Morgan fingerprint density at radius 3 is 2.00 bits per heavy atom. The third-order valence-corrected chi connectivity index (χ3v) is 11.4. The molecule has 0 fully saturated rings. The van der Waals surface area contributed by atoms with Crippen molar-refractivity contribution in [2.24, 2.45) is 0 Å². The number of hydrogen-bond acceptors (Lipinski definition) is 3. The van der Waals surface area contributed by atoms with Crippen LogP contribution in [0.1, 0.15) is 25.0 Å². The molecule has 48 heavy (non-hydrogen) atoms. The lowest BCUT2D eigenvalue weighted by atomic mass is 9.78. The molecular weight excluding hydrogens is 603 g/mol. The maximum atomic E-state index is 6.44. The minimum Gasteiger partial charge on any atom is -0.456 e. The van der Waals surface area contributed by atoms with E-state index in [1.807, 2.05) is 23.5 Å². The second-order valence-corrected chi connectivity index (χ2v) is 14.4. The fourth-order valence-corrected chi connectivity index (χ4v) is 9.18. The molecule has 0 aliphatic heterocycles. The van der Waals surface area contributed by atoms with Gasteiger partial charge in [-0.3, -0.25) is 0 Å². The monoisotopic (exact) mass is 633 g/mol.